The molecule has 0 atom stereocenters. The summed E-state index contributed by atoms with van der Waals surface area (Å²) in [6.45, 7) is 0.441. The summed E-state index contributed by atoms with van der Waals surface area (Å²) >= 11 is 0. The maximum absolute atomic E-state index is 12.9. The van der Waals surface area contributed by atoms with Crippen LogP contribution >= 0.6 is 0 Å². The maximum Gasteiger partial charge on any atom is 0.235 e. The van der Waals surface area contributed by atoms with Gasteiger partial charge in [-0.3, -0.25) is 4.79 Å². The van der Waals surface area contributed by atoms with Crippen molar-refractivity contribution < 1.29 is 14.3 Å². The minimum Gasteiger partial charge on any atom is -0.507 e. The quantitative estimate of drug-likeness (QED) is 0.573. The first kappa shape index (κ1) is 17.8. The van der Waals surface area contributed by atoms with Crippen LogP contribution in [-0.2, 0) is 6.54 Å². The van der Waals surface area contributed by atoms with Crippen LogP contribution in [0.25, 0.3) is 16.7 Å². The summed E-state index contributed by atoms with van der Waals surface area (Å²) in [6.07, 6.45) is 4.49. The van der Waals surface area contributed by atoms with E-state index in [1.807, 2.05) is 49.3 Å². The van der Waals surface area contributed by atoms with E-state index >= 15 is 0 Å². The van der Waals surface area contributed by atoms with Crippen molar-refractivity contribution in [2.24, 2.45) is 0 Å². The van der Waals surface area contributed by atoms with Crippen molar-refractivity contribution >= 4 is 11.0 Å². The summed E-state index contributed by atoms with van der Waals surface area (Å²) in [7, 11) is 3.75. The molecule has 1 N–H and O–H groups in total. The number of rotatable bonds is 5. The molecule has 2 aromatic carbocycles. The van der Waals surface area contributed by atoms with Crippen LogP contribution in [0.1, 0.15) is 5.56 Å². The summed E-state index contributed by atoms with van der Waals surface area (Å²) in [5.41, 5.74) is 1.48. The van der Waals surface area contributed by atoms with Gasteiger partial charge in [-0.05, 0) is 38.4 Å². The molecule has 0 aliphatic carbocycles. The number of phenols is 1. The molecule has 0 fully saturated rings. The molecule has 0 bridgehead atoms. The smallest absolute Gasteiger partial charge is 0.235 e. The van der Waals surface area contributed by atoms with Crippen LogP contribution in [-0.4, -0.2) is 33.9 Å². The van der Waals surface area contributed by atoms with Gasteiger partial charge in [0.25, 0.3) is 0 Å². The van der Waals surface area contributed by atoms with Gasteiger partial charge in [0.1, 0.15) is 17.6 Å². The Balaban J connectivity index is 1.69. The lowest BCUT2D eigenvalue weighted by Crippen LogP contribution is -2.12. The molecule has 2 aromatic heterocycles. The van der Waals surface area contributed by atoms with Crippen molar-refractivity contribution in [3.63, 3.8) is 0 Å². The Morgan fingerprint density at radius 3 is 2.71 bits per heavy atom. The Labute approximate surface area is 161 Å². The number of hydrogen-bond acceptors (Lipinski definition) is 6. The van der Waals surface area contributed by atoms with Crippen LogP contribution in [0.15, 0.2) is 70.3 Å². The fourth-order valence-corrected chi connectivity index (χ4v) is 2.98. The van der Waals surface area contributed by atoms with Crippen LogP contribution in [0.5, 0.6) is 17.2 Å². The first-order valence-corrected chi connectivity index (χ1v) is 8.72. The molecule has 0 saturated carbocycles. The van der Waals surface area contributed by atoms with E-state index in [-0.39, 0.29) is 16.9 Å². The highest BCUT2D eigenvalue weighted by atomic mass is 16.5. The molecule has 0 aliphatic rings. The highest BCUT2D eigenvalue weighted by molar-refractivity contribution is 5.83. The first-order valence-electron chi connectivity index (χ1n) is 8.72. The van der Waals surface area contributed by atoms with Gasteiger partial charge >= 0.3 is 0 Å². The molecule has 4 aromatic rings. The summed E-state index contributed by atoms with van der Waals surface area (Å²) in [6, 6.07) is 12.6. The standard InChI is InChI=1S/C21H19N3O4/c1-23(2)12-17-18(25)9-8-16-20(26)19(13-27-21(16)17)28-15-10-22-24(11-15)14-6-4-3-5-7-14/h3-11,13,25H,12H2,1-2H3. The van der Waals surface area contributed by atoms with E-state index in [2.05, 4.69) is 5.10 Å². The molecule has 0 spiro atoms. The lowest BCUT2D eigenvalue weighted by molar-refractivity contribution is 0.383. The Hall–Kier alpha value is -3.58. The van der Waals surface area contributed by atoms with Gasteiger partial charge < -0.3 is 19.2 Å². The zero-order valence-corrected chi connectivity index (χ0v) is 15.5. The second-order valence-corrected chi connectivity index (χ2v) is 6.67. The number of aromatic hydroxyl groups is 1. The van der Waals surface area contributed by atoms with Gasteiger partial charge in [0.2, 0.25) is 11.2 Å². The third kappa shape index (κ3) is 3.35. The number of hydrogen-bond donors (Lipinski definition) is 1. The number of aromatic nitrogens is 2. The molecule has 4 rings (SSSR count). The van der Waals surface area contributed by atoms with Crippen molar-refractivity contribution in [2.75, 3.05) is 14.1 Å². The second-order valence-electron chi connectivity index (χ2n) is 6.67. The highest BCUT2D eigenvalue weighted by Crippen LogP contribution is 2.29. The Morgan fingerprint density at radius 1 is 1.18 bits per heavy atom. The van der Waals surface area contributed by atoms with E-state index in [0.717, 1.165) is 5.69 Å². The normalized spacial score (nSPS) is 11.2. The zero-order chi connectivity index (χ0) is 19.7. The van der Waals surface area contributed by atoms with E-state index in [0.29, 0.717) is 28.8 Å². The number of ether oxygens (including phenoxy) is 1. The maximum atomic E-state index is 12.9. The van der Waals surface area contributed by atoms with Gasteiger partial charge in [0.05, 0.1) is 29.0 Å². The molecule has 7 nitrogen and oxygen atoms in total. The lowest BCUT2D eigenvalue weighted by Gasteiger charge is -2.13. The Bertz CT molecular complexity index is 1180. The van der Waals surface area contributed by atoms with Gasteiger partial charge in [-0.2, -0.15) is 5.10 Å². The van der Waals surface area contributed by atoms with Crippen LogP contribution in [0.2, 0.25) is 0 Å². The number of fused-ring (bicyclic) bond motifs is 1. The van der Waals surface area contributed by atoms with E-state index in [9.17, 15) is 9.90 Å². The van der Waals surface area contributed by atoms with Crippen molar-refractivity contribution in [3.05, 3.63) is 76.9 Å². The molecule has 0 unspecified atom stereocenters. The summed E-state index contributed by atoms with van der Waals surface area (Å²) in [4.78, 5) is 14.7. The molecule has 0 radical (unpaired) electrons. The third-order valence-electron chi connectivity index (χ3n) is 4.27. The number of para-hydroxylation sites is 1. The molecule has 0 amide bonds. The summed E-state index contributed by atoms with van der Waals surface area (Å²) in [5, 5.41) is 14.7. The van der Waals surface area contributed by atoms with Crippen molar-refractivity contribution in [2.45, 2.75) is 6.54 Å². The average molecular weight is 377 g/mol. The average Bonchev–Trinajstić information content (AvgIpc) is 3.15. The molecule has 2 heterocycles. The molecule has 0 aliphatic heterocycles. The summed E-state index contributed by atoms with van der Waals surface area (Å²) in [5.74, 6) is 0.562. The van der Waals surface area contributed by atoms with Gasteiger partial charge in [-0.15, -0.1) is 0 Å². The van der Waals surface area contributed by atoms with Crippen molar-refractivity contribution in [1.82, 2.24) is 14.7 Å². The SMILES string of the molecule is CN(C)Cc1c(O)ccc2c(=O)c(Oc3cnn(-c4ccccc4)c3)coc12. The third-order valence-corrected chi connectivity index (χ3v) is 4.27. The highest BCUT2D eigenvalue weighted by Gasteiger charge is 2.16. The fourth-order valence-electron chi connectivity index (χ4n) is 2.98. The van der Waals surface area contributed by atoms with E-state index in [4.69, 9.17) is 9.15 Å². The first-order chi connectivity index (χ1) is 13.5. The van der Waals surface area contributed by atoms with Crippen LogP contribution < -0.4 is 10.2 Å². The predicted octanol–water partition coefficient (Wildman–Crippen LogP) is 3.54. The van der Waals surface area contributed by atoms with E-state index in [1.54, 1.807) is 10.9 Å². The van der Waals surface area contributed by atoms with Crippen LogP contribution in [0.4, 0.5) is 0 Å². The van der Waals surface area contributed by atoms with Gasteiger partial charge in [-0.25, -0.2) is 4.68 Å². The minimum atomic E-state index is -0.311. The van der Waals surface area contributed by atoms with Crippen molar-refractivity contribution in [1.29, 1.82) is 0 Å². The second kappa shape index (κ2) is 7.21. The van der Waals surface area contributed by atoms with Gasteiger partial charge in [-0.1, -0.05) is 18.2 Å². The van der Waals surface area contributed by atoms with Crippen LogP contribution in [0, 0.1) is 0 Å². The molecule has 7 heteroatoms. The molecular weight excluding hydrogens is 358 g/mol. The Kier molecular flexibility index (Phi) is 4.58. The largest absolute Gasteiger partial charge is 0.507 e. The lowest BCUT2D eigenvalue weighted by atomic mass is 10.1. The number of benzene rings is 2. The number of phenolic OH excluding ortho intramolecular Hbond substituents is 1. The van der Waals surface area contributed by atoms with E-state index < -0.39 is 0 Å². The number of nitrogens with zero attached hydrogens (tertiary/aromatic N) is 3. The Morgan fingerprint density at radius 2 is 1.96 bits per heavy atom. The zero-order valence-electron chi connectivity index (χ0n) is 15.5. The van der Waals surface area contributed by atoms with Crippen LogP contribution in [0.3, 0.4) is 0 Å². The van der Waals surface area contributed by atoms with E-state index in [1.165, 1.54) is 24.6 Å². The summed E-state index contributed by atoms with van der Waals surface area (Å²) < 4.78 is 13.0. The van der Waals surface area contributed by atoms with Crippen molar-refractivity contribution in [3.8, 4) is 22.9 Å². The molecule has 0 saturated heterocycles. The monoisotopic (exact) mass is 377 g/mol. The predicted molar refractivity (Wildman–Crippen MR) is 105 cm³/mol. The van der Waals surface area contributed by atoms with Gasteiger partial charge in [0, 0.05) is 6.54 Å². The van der Waals surface area contributed by atoms with Gasteiger partial charge in [0.15, 0.2) is 5.75 Å². The minimum absolute atomic E-state index is 0.0570. The molecule has 142 valence electrons. The fraction of sp³-hybridized carbons (Fsp3) is 0.143. The molecule has 28 heavy (non-hydrogen) atoms. The molecular formula is C21H19N3O4. The topological polar surface area (TPSA) is 80.7 Å².